The summed E-state index contributed by atoms with van der Waals surface area (Å²) in [7, 11) is 0. The molecule has 0 saturated heterocycles. The van der Waals surface area contributed by atoms with Gasteiger partial charge in [0.1, 0.15) is 0 Å². The predicted molar refractivity (Wildman–Crippen MR) is 49.6 cm³/mol. The van der Waals surface area contributed by atoms with Gasteiger partial charge < -0.3 is 5.11 Å². The molecule has 0 fully saturated rings. The molecule has 11 heavy (non-hydrogen) atoms. The number of hydrogen-bond donors (Lipinski definition) is 1. The standard InChI is InChI=1S/C10H22O/c1-9(2)6-7-10(3)5-4-8-11/h9-11H,4-8H2,1-3H3. The van der Waals surface area contributed by atoms with Crippen molar-refractivity contribution in [1.82, 2.24) is 0 Å². The maximum Gasteiger partial charge on any atom is 0.0431 e. The van der Waals surface area contributed by atoms with E-state index in [0.29, 0.717) is 6.61 Å². The second-order valence-electron chi connectivity index (χ2n) is 3.94. The van der Waals surface area contributed by atoms with Crippen LogP contribution in [-0.4, -0.2) is 11.7 Å². The molecule has 0 aliphatic rings. The van der Waals surface area contributed by atoms with Crippen molar-refractivity contribution in [2.45, 2.75) is 46.5 Å². The van der Waals surface area contributed by atoms with Gasteiger partial charge in [0.25, 0.3) is 0 Å². The fourth-order valence-corrected chi connectivity index (χ4v) is 1.20. The first-order valence-corrected chi connectivity index (χ1v) is 4.77. The summed E-state index contributed by atoms with van der Waals surface area (Å²) in [6.07, 6.45) is 4.80. The van der Waals surface area contributed by atoms with Gasteiger partial charge in [0, 0.05) is 6.61 Å². The molecule has 0 radical (unpaired) electrons. The Balaban J connectivity index is 3.15. The Morgan fingerprint density at radius 1 is 1.00 bits per heavy atom. The monoisotopic (exact) mass is 158 g/mol. The molecule has 0 aromatic carbocycles. The van der Waals surface area contributed by atoms with E-state index in [2.05, 4.69) is 20.8 Å². The van der Waals surface area contributed by atoms with Crippen LogP contribution in [0, 0.1) is 11.8 Å². The fourth-order valence-electron chi connectivity index (χ4n) is 1.20. The highest BCUT2D eigenvalue weighted by molar-refractivity contribution is 4.55. The average Bonchev–Trinajstić information content (AvgIpc) is 1.97. The van der Waals surface area contributed by atoms with Gasteiger partial charge in [0.2, 0.25) is 0 Å². The first-order chi connectivity index (χ1) is 5.16. The van der Waals surface area contributed by atoms with E-state index in [1.807, 2.05) is 0 Å². The lowest BCUT2D eigenvalue weighted by molar-refractivity contribution is 0.269. The summed E-state index contributed by atoms with van der Waals surface area (Å²) in [4.78, 5) is 0. The smallest absolute Gasteiger partial charge is 0.0431 e. The first kappa shape index (κ1) is 11.0. The minimum absolute atomic E-state index is 0.353. The highest BCUT2D eigenvalue weighted by Gasteiger charge is 2.02. The van der Waals surface area contributed by atoms with E-state index in [4.69, 9.17) is 5.11 Å². The normalized spacial score (nSPS) is 13.9. The molecule has 1 N–H and O–H groups in total. The van der Waals surface area contributed by atoms with E-state index in [-0.39, 0.29) is 0 Å². The summed E-state index contributed by atoms with van der Waals surface area (Å²) in [6.45, 7) is 7.15. The van der Waals surface area contributed by atoms with Gasteiger partial charge in [-0.15, -0.1) is 0 Å². The molecule has 0 aliphatic carbocycles. The van der Waals surface area contributed by atoms with Gasteiger partial charge in [0.15, 0.2) is 0 Å². The average molecular weight is 158 g/mol. The molecule has 0 heterocycles. The van der Waals surface area contributed by atoms with Gasteiger partial charge in [-0.2, -0.15) is 0 Å². The summed E-state index contributed by atoms with van der Waals surface area (Å²) in [5.41, 5.74) is 0. The number of rotatable bonds is 6. The predicted octanol–water partition coefficient (Wildman–Crippen LogP) is 2.83. The minimum Gasteiger partial charge on any atom is -0.396 e. The Morgan fingerprint density at radius 3 is 2.09 bits per heavy atom. The summed E-state index contributed by atoms with van der Waals surface area (Å²) in [6, 6.07) is 0. The van der Waals surface area contributed by atoms with E-state index < -0.39 is 0 Å². The Morgan fingerprint density at radius 2 is 1.64 bits per heavy atom. The maximum atomic E-state index is 8.59. The van der Waals surface area contributed by atoms with E-state index >= 15 is 0 Å². The third-order valence-electron chi connectivity index (χ3n) is 2.09. The quantitative estimate of drug-likeness (QED) is 0.630. The van der Waals surface area contributed by atoms with Gasteiger partial charge in [-0.1, -0.05) is 33.6 Å². The Labute approximate surface area is 70.8 Å². The fraction of sp³-hybridized carbons (Fsp3) is 1.00. The second kappa shape index (κ2) is 6.66. The largest absolute Gasteiger partial charge is 0.396 e. The van der Waals surface area contributed by atoms with Crippen LogP contribution in [0.1, 0.15) is 46.5 Å². The zero-order valence-corrected chi connectivity index (χ0v) is 8.14. The lowest BCUT2D eigenvalue weighted by Crippen LogP contribution is -1.99. The highest BCUT2D eigenvalue weighted by atomic mass is 16.2. The Kier molecular flexibility index (Phi) is 6.63. The molecular formula is C10H22O. The molecule has 1 atom stereocenters. The van der Waals surface area contributed by atoms with Crippen LogP contribution < -0.4 is 0 Å². The van der Waals surface area contributed by atoms with Crippen LogP contribution >= 0.6 is 0 Å². The van der Waals surface area contributed by atoms with Crippen molar-refractivity contribution >= 4 is 0 Å². The topological polar surface area (TPSA) is 20.2 Å². The third kappa shape index (κ3) is 7.86. The van der Waals surface area contributed by atoms with Crippen molar-refractivity contribution in [3.8, 4) is 0 Å². The Bertz CT molecular complexity index is 78.9. The lowest BCUT2D eigenvalue weighted by atomic mass is 9.96. The first-order valence-electron chi connectivity index (χ1n) is 4.77. The van der Waals surface area contributed by atoms with Gasteiger partial charge in [-0.05, 0) is 24.7 Å². The summed E-state index contributed by atoms with van der Waals surface area (Å²) in [5.74, 6) is 1.62. The molecule has 1 nitrogen and oxygen atoms in total. The summed E-state index contributed by atoms with van der Waals surface area (Å²) in [5, 5.41) is 8.59. The zero-order chi connectivity index (χ0) is 8.69. The number of aliphatic hydroxyl groups is 1. The van der Waals surface area contributed by atoms with E-state index in [9.17, 15) is 0 Å². The van der Waals surface area contributed by atoms with Crippen molar-refractivity contribution in [3.63, 3.8) is 0 Å². The SMILES string of the molecule is CC(C)CCC(C)CCCO. The Hall–Kier alpha value is -0.0400. The van der Waals surface area contributed by atoms with E-state index in [1.165, 1.54) is 19.3 Å². The third-order valence-corrected chi connectivity index (χ3v) is 2.09. The van der Waals surface area contributed by atoms with Gasteiger partial charge in [0.05, 0.1) is 0 Å². The molecule has 0 rings (SSSR count). The molecule has 0 amide bonds. The van der Waals surface area contributed by atoms with Gasteiger partial charge >= 0.3 is 0 Å². The van der Waals surface area contributed by atoms with Crippen LogP contribution in [0.5, 0.6) is 0 Å². The van der Waals surface area contributed by atoms with Crippen molar-refractivity contribution < 1.29 is 5.11 Å². The number of aliphatic hydroxyl groups excluding tert-OH is 1. The van der Waals surface area contributed by atoms with Gasteiger partial charge in [-0.3, -0.25) is 0 Å². The van der Waals surface area contributed by atoms with Crippen LogP contribution in [0.25, 0.3) is 0 Å². The van der Waals surface area contributed by atoms with Crippen LogP contribution in [0.3, 0.4) is 0 Å². The van der Waals surface area contributed by atoms with Crippen LogP contribution in [-0.2, 0) is 0 Å². The number of hydrogen-bond acceptors (Lipinski definition) is 1. The molecule has 0 aromatic rings. The molecule has 0 spiro atoms. The molecule has 1 unspecified atom stereocenters. The zero-order valence-electron chi connectivity index (χ0n) is 8.14. The summed E-state index contributed by atoms with van der Waals surface area (Å²) >= 11 is 0. The van der Waals surface area contributed by atoms with Crippen molar-refractivity contribution in [1.29, 1.82) is 0 Å². The molecule has 0 saturated carbocycles. The van der Waals surface area contributed by atoms with Crippen molar-refractivity contribution in [2.24, 2.45) is 11.8 Å². The highest BCUT2D eigenvalue weighted by Crippen LogP contribution is 2.15. The molecule has 68 valence electrons. The molecular weight excluding hydrogens is 136 g/mol. The van der Waals surface area contributed by atoms with Crippen molar-refractivity contribution in [2.75, 3.05) is 6.61 Å². The molecule has 0 aromatic heterocycles. The van der Waals surface area contributed by atoms with Crippen molar-refractivity contribution in [3.05, 3.63) is 0 Å². The van der Waals surface area contributed by atoms with Crippen LogP contribution in [0.4, 0.5) is 0 Å². The molecule has 0 aliphatic heterocycles. The lowest BCUT2D eigenvalue weighted by Gasteiger charge is -2.11. The second-order valence-corrected chi connectivity index (χ2v) is 3.94. The van der Waals surface area contributed by atoms with Crippen LogP contribution in [0.15, 0.2) is 0 Å². The van der Waals surface area contributed by atoms with E-state index in [1.54, 1.807) is 0 Å². The molecule has 0 bridgehead atoms. The van der Waals surface area contributed by atoms with Crippen LogP contribution in [0.2, 0.25) is 0 Å². The van der Waals surface area contributed by atoms with E-state index in [0.717, 1.165) is 18.3 Å². The van der Waals surface area contributed by atoms with Gasteiger partial charge in [-0.25, -0.2) is 0 Å². The summed E-state index contributed by atoms with van der Waals surface area (Å²) < 4.78 is 0. The molecule has 1 heteroatoms. The maximum absolute atomic E-state index is 8.59. The minimum atomic E-state index is 0.353.